The van der Waals surface area contributed by atoms with Gasteiger partial charge in [-0.2, -0.15) is 0 Å². The second-order valence-corrected chi connectivity index (χ2v) is 27.8. The Morgan fingerprint density at radius 3 is 0.936 bits per heavy atom. The summed E-state index contributed by atoms with van der Waals surface area (Å²) in [5.74, 6) is -2.31. The first kappa shape index (κ1) is 90.5. The van der Waals surface area contributed by atoms with Crippen LogP contribution in [0.1, 0.15) is 323 Å². The normalized spacial score (nSPS) is 14.4. The van der Waals surface area contributed by atoms with E-state index in [0.29, 0.717) is 25.7 Å². The van der Waals surface area contributed by atoms with E-state index >= 15 is 0 Å². The molecule has 0 aliphatic heterocycles. The molecule has 5 atom stereocenters. The molecule has 94 heavy (non-hydrogen) atoms. The van der Waals surface area contributed by atoms with Gasteiger partial charge in [-0.05, 0) is 77.0 Å². The van der Waals surface area contributed by atoms with Crippen molar-refractivity contribution in [2.24, 2.45) is 0 Å². The minimum atomic E-state index is -4.98. The molecule has 0 saturated heterocycles. The molecule has 546 valence electrons. The maximum Gasteiger partial charge on any atom is 0.472 e. The van der Waals surface area contributed by atoms with Gasteiger partial charge in [-0.15, -0.1) is 0 Å². The van der Waals surface area contributed by atoms with Gasteiger partial charge >= 0.3 is 39.5 Å². The molecule has 0 aliphatic carbocycles. The Hall–Kier alpha value is -3.50. The van der Waals surface area contributed by atoms with E-state index in [1.54, 1.807) is 6.08 Å². The summed E-state index contributed by atoms with van der Waals surface area (Å²) in [5, 5.41) is 10.6. The number of unbranched alkanes of at least 4 members (excludes halogenated alkanes) is 33. The van der Waals surface area contributed by atoms with Crippen LogP contribution < -0.4 is 0 Å². The first-order chi connectivity index (χ1) is 45.7. The van der Waals surface area contributed by atoms with Crippen molar-refractivity contribution >= 4 is 39.5 Å². The smallest absolute Gasteiger partial charge is 0.462 e. The van der Waals surface area contributed by atoms with E-state index in [1.807, 2.05) is 18.2 Å². The van der Waals surface area contributed by atoms with E-state index in [0.717, 1.165) is 116 Å². The molecule has 0 aromatic heterocycles. The Morgan fingerprint density at radius 2 is 0.596 bits per heavy atom. The number of aliphatic hydroxyl groups excluding tert-OH is 1. The van der Waals surface area contributed by atoms with Gasteiger partial charge in [0.25, 0.3) is 0 Å². The van der Waals surface area contributed by atoms with Crippen molar-refractivity contribution in [3.8, 4) is 0 Å². The van der Waals surface area contributed by atoms with Crippen LogP contribution in [0.3, 0.4) is 0 Å². The van der Waals surface area contributed by atoms with E-state index in [2.05, 4.69) is 76.3 Å². The number of phosphoric ester groups is 2. The molecule has 0 bridgehead atoms. The third-order valence-electron chi connectivity index (χ3n) is 15.7. The first-order valence-electron chi connectivity index (χ1n) is 37.2. The van der Waals surface area contributed by atoms with E-state index in [-0.39, 0.29) is 25.7 Å². The summed E-state index contributed by atoms with van der Waals surface area (Å²) in [6, 6.07) is 0. The Labute approximate surface area is 571 Å². The van der Waals surface area contributed by atoms with Gasteiger partial charge in [0, 0.05) is 19.3 Å². The fourth-order valence-corrected chi connectivity index (χ4v) is 11.6. The van der Waals surface area contributed by atoms with Gasteiger partial charge in [0.15, 0.2) is 12.2 Å². The van der Waals surface area contributed by atoms with Crippen molar-refractivity contribution in [2.45, 2.75) is 341 Å². The standard InChI is InChI=1S/C75H134O17P2/c1-5-9-13-17-21-25-29-32-34-37-40-43-47-51-55-59-72(77)85-65-70(91-74(79)61-57-53-49-45-39-28-24-20-16-12-8-4)67-89-93(81,82)87-63-69(76)64-88-94(83,84)90-68-71(92-75(80)62-58-54-50-46-42-36-31-27-23-19-15-11-7-3)66-86-73(78)60-56-52-48-44-41-38-35-33-30-26-22-18-14-10-6-2/h10,14,22,26,32-35,41,44,52,56,69-71,76H,5-9,11-13,15-21,23-25,27-31,36-40,42-43,45-51,53-55,57-68H2,1-4H3,(H,81,82)(H,83,84)/b14-10-,26-22-,34-32-,35-33-,44-41-,56-52-. The van der Waals surface area contributed by atoms with Crippen molar-refractivity contribution in [3.05, 3.63) is 72.9 Å². The zero-order valence-electron chi connectivity index (χ0n) is 59.4. The van der Waals surface area contributed by atoms with Crippen LogP contribution in [0.4, 0.5) is 0 Å². The molecule has 0 rings (SSSR count). The number of rotatable bonds is 70. The lowest BCUT2D eigenvalue weighted by Gasteiger charge is -2.21. The summed E-state index contributed by atoms with van der Waals surface area (Å²) in [4.78, 5) is 72.6. The summed E-state index contributed by atoms with van der Waals surface area (Å²) in [5.41, 5.74) is 0. The topological polar surface area (TPSA) is 237 Å². The largest absolute Gasteiger partial charge is 0.472 e. The fourth-order valence-electron chi connectivity index (χ4n) is 10.1. The van der Waals surface area contributed by atoms with Gasteiger partial charge in [-0.1, -0.05) is 293 Å². The number of hydrogen-bond donors (Lipinski definition) is 3. The molecule has 0 spiro atoms. The lowest BCUT2D eigenvalue weighted by molar-refractivity contribution is -0.161. The number of aliphatic hydroxyl groups is 1. The highest BCUT2D eigenvalue weighted by atomic mass is 31.2. The number of esters is 4. The monoisotopic (exact) mass is 1370 g/mol. The lowest BCUT2D eigenvalue weighted by atomic mass is 10.0. The van der Waals surface area contributed by atoms with Crippen molar-refractivity contribution in [3.63, 3.8) is 0 Å². The van der Waals surface area contributed by atoms with Crippen molar-refractivity contribution in [1.82, 2.24) is 0 Å². The van der Waals surface area contributed by atoms with Crippen LogP contribution in [0.2, 0.25) is 0 Å². The maximum atomic E-state index is 13.0. The molecule has 0 heterocycles. The zero-order valence-corrected chi connectivity index (χ0v) is 61.2. The fraction of sp³-hybridized carbons (Fsp3) is 0.787. The molecule has 0 aliphatic rings. The third-order valence-corrected chi connectivity index (χ3v) is 17.6. The molecule has 0 amide bonds. The highest BCUT2D eigenvalue weighted by Gasteiger charge is 2.30. The summed E-state index contributed by atoms with van der Waals surface area (Å²) in [6.45, 7) is 4.65. The predicted octanol–water partition coefficient (Wildman–Crippen LogP) is 20.9. The van der Waals surface area contributed by atoms with Gasteiger partial charge in [-0.3, -0.25) is 37.3 Å². The van der Waals surface area contributed by atoms with Crippen LogP contribution in [0.25, 0.3) is 0 Å². The Bertz CT molecular complexity index is 2070. The Morgan fingerprint density at radius 1 is 0.319 bits per heavy atom. The highest BCUT2D eigenvalue weighted by molar-refractivity contribution is 7.47. The van der Waals surface area contributed by atoms with Gasteiger partial charge in [-0.25, -0.2) is 9.13 Å². The SMILES string of the molecule is CC/C=C\C/C=C\C/C=C\C/C=C\C/C=C\CC(=O)OCC(COP(=O)(O)OCC(O)COP(=O)(O)OCC(COC(=O)CCCCCCC/C=C\CCCCCCCC)OC(=O)CCCCCCCCCCCCC)OC(=O)CCCCCCCCCCCCCCC. The van der Waals surface area contributed by atoms with E-state index in [9.17, 15) is 43.2 Å². The van der Waals surface area contributed by atoms with Gasteiger partial charge in [0.05, 0.1) is 32.8 Å². The second kappa shape index (κ2) is 68.0. The molecular formula is C75H134O17P2. The van der Waals surface area contributed by atoms with E-state index < -0.39 is 97.5 Å². The molecule has 0 aromatic carbocycles. The van der Waals surface area contributed by atoms with Gasteiger partial charge < -0.3 is 33.8 Å². The number of ether oxygens (including phenoxy) is 4. The molecule has 0 aromatic rings. The van der Waals surface area contributed by atoms with Crippen molar-refractivity contribution in [2.75, 3.05) is 39.6 Å². The van der Waals surface area contributed by atoms with Gasteiger partial charge in [0.2, 0.25) is 0 Å². The second-order valence-electron chi connectivity index (χ2n) is 24.9. The lowest BCUT2D eigenvalue weighted by Crippen LogP contribution is -2.30. The molecule has 3 N–H and O–H groups in total. The minimum absolute atomic E-state index is 0.0667. The molecule has 0 saturated carbocycles. The van der Waals surface area contributed by atoms with Crippen LogP contribution in [0, 0.1) is 0 Å². The van der Waals surface area contributed by atoms with Crippen LogP contribution in [0.5, 0.6) is 0 Å². The first-order valence-corrected chi connectivity index (χ1v) is 40.2. The minimum Gasteiger partial charge on any atom is -0.462 e. The van der Waals surface area contributed by atoms with E-state index in [1.165, 1.54) is 128 Å². The molecule has 0 radical (unpaired) electrons. The molecule has 0 fully saturated rings. The Balaban J connectivity index is 5.36. The number of hydrogen-bond acceptors (Lipinski definition) is 15. The van der Waals surface area contributed by atoms with Crippen LogP contribution in [-0.2, 0) is 65.4 Å². The number of allylic oxidation sites excluding steroid dienone is 11. The summed E-state index contributed by atoms with van der Waals surface area (Å²) >= 11 is 0. The van der Waals surface area contributed by atoms with Crippen LogP contribution in [0.15, 0.2) is 72.9 Å². The zero-order chi connectivity index (χ0) is 69.0. The highest BCUT2D eigenvalue weighted by Crippen LogP contribution is 2.45. The molecule has 19 heteroatoms. The van der Waals surface area contributed by atoms with Crippen LogP contribution in [-0.4, -0.2) is 96.7 Å². The van der Waals surface area contributed by atoms with Crippen molar-refractivity contribution < 1.29 is 80.2 Å². The summed E-state index contributed by atoms with van der Waals surface area (Å²) in [7, 11) is -9.95. The number of carbonyl (C=O) groups is 4. The summed E-state index contributed by atoms with van der Waals surface area (Å²) < 4.78 is 68.2. The third kappa shape index (κ3) is 67.1. The average molecular weight is 1370 g/mol. The predicted molar refractivity (Wildman–Crippen MR) is 381 cm³/mol. The molecule has 5 unspecified atom stereocenters. The number of phosphoric acid groups is 2. The van der Waals surface area contributed by atoms with Gasteiger partial charge in [0.1, 0.15) is 19.3 Å². The quantitative estimate of drug-likeness (QED) is 0.0169. The number of carbonyl (C=O) groups excluding carboxylic acids is 4. The van der Waals surface area contributed by atoms with E-state index in [4.69, 9.17) is 37.0 Å². The average Bonchev–Trinajstić information content (AvgIpc) is 1.55. The van der Waals surface area contributed by atoms with Crippen LogP contribution >= 0.6 is 15.6 Å². The Kier molecular flexibility index (Phi) is 65.5. The summed E-state index contributed by atoms with van der Waals surface area (Å²) in [6.07, 6.45) is 66.5. The maximum absolute atomic E-state index is 13.0. The van der Waals surface area contributed by atoms with Crippen molar-refractivity contribution in [1.29, 1.82) is 0 Å². The molecular weight excluding hydrogens is 1230 g/mol. The molecule has 17 nitrogen and oxygen atoms in total.